The molecule has 2 aromatic carbocycles. The fourth-order valence-electron chi connectivity index (χ4n) is 4.20. The van der Waals surface area contributed by atoms with E-state index in [4.69, 9.17) is 11.6 Å². The molecule has 7 heteroatoms. The minimum absolute atomic E-state index is 0.183. The molecule has 1 atom stereocenters. The van der Waals surface area contributed by atoms with Crippen LogP contribution < -0.4 is 10.6 Å². The lowest BCUT2D eigenvalue weighted by Crippen LogP contribution is -2.27. The summed E-state index contributed by atoms with van der Waals surface area (Å²) in [5.41, 5.74) is 2.88. The van der Waals surface area contributed by atoms with Gasteiger partial charge in [0, 0.05) is 15.0 Å². The van der Waals surface area contributed by atoms with Crippen LogP contribution in [0.25, 0.3) is 0 Å². The summed E-state index contributed by atoms with van der Waals surface area (Å²) < 4.78 is 0.939. The van der Waals surface area contributed by atoms with E-state index in [1.807, 2.05) is 24.3 Å². The molecule has 4 rings (SSSR count). The first-order chi connectivity index (χ1) is 15.6. The molecule has 2 N–H and O–H groups in total. The van der Waals surface area contributed by atoms with Crippen LogP contribution >= 0.6 is 38.9 Å². The number of halogens is 2. The molecule has 1 aliphatic carbocycles. The SMILES string of the molecule is CC(C)(C)C1CCc2c(sc(NC(=O)c3ccccc3Cl)c2C(=O)Nc2ccc(Br)cc2)C1. The number of hydrogen-bond acceptors (Lipinski definition) is 3. The summed E-state index contributed by atoms with van der Waals surface area (Å²) in [5, 5.41) is 6.94. The second-order valence-corrected chi connectivity index (χ2v) is 11.8. The fourth-order valence-corrected chi connectivity index (χ4v) is 6.00. The molecular weight excluding hydrogens is 520 g/mol. The molecule has 172 valence electrons. The Labute approximate surface area is 211 Å². The Hall–Kier alpha value is -2.15. The van der Waals surface area contributed by atoms with Gasteiger partial charge < -0.3 is 10.6 Å². The molecule has 0 bridgehead atoms. The molecule has 1 aliphatic rings. The molecule has 0 spiro atoms. The van der Waals surface area contributed by atoms with Crippen molar-refractivity contribution >= 4 is 61.4 Å². The van der Waals surface area contributed by atoms with Crippen LogP contribution in [0.15, 0.2) is 53.0 Å². The van der Waals surface area contributed by atoms with Crippen LogP contribution in [0, 0.1) is 11.3 Å². The van der Waals surface area contributed by atoms with Crippen molar-refractivity contribution in [3.8, 4) is 0 Å². The Morgan fingerprint density at radius 3 is 2.39 bits per heavy atom. The number of carbonyl (C=O) groups is 2. The van der Waals surface area contributed by atoms with Crippen LogP contribution in [-0.2, 0) is 12.8 Å². The maximum Gasteiger partial charge on any atom is 0.258 e. The van der Waals surface area contributed by atoms with Gasteiger partial charge in [-0.3, -0.25) is 9.59 Å². The second kappa shape index (κ2) is 9.61. The zero-order valence-corrected chi connectivity index (χ0v) is 22.0. The van der Waals surface area contributed by atoms with E-state index in [-0.39, 0.29) is 17.2 Å². The summed E-state index contributed by atoms with van der Waals surface area (Å²) in [6.07, 6.45) is 2.74. The molecule has 1 aromatic heterocycles. The zero-order valence-electron chi connectivity index (χ0n) is 18.8. The molecule has 0 radical (unpaired) electrons. The third-order valence-corrected chi connectivity index (χ3v) is 8.19. The average Bonchev–Trinajstić information content (AvgIpc) is 3.12. The molecule has 3 aromatic rings. The molecule has 4 nitrogen and oxygen atoms in total. The van der Waals surface area contributed by atoms with Crippen LogP contribution in [0.5, 0.6) is 0 Å². The predicted octanol–water partition coefficient (Wildman–Crippen LogP) is 7.82. The summed E-state index contributed by atoms with van der Waals surface area (Å²) in [7, 11) is 0. The minimum atomic E-state index is -0.315. The highest BCUT2D eigenvalue weighted by Crippen LogP contribution is 2.44. The maximum atomic E-state index is 13.4. The normalized spacial score (nSPS) is 15.6. The number of benzene rings is 2. The number of nitrogens with one attached hydrogen (secondary N) is 2. The molecule has 1 heterocycles. The lowest BCUT2D eigenvalue weighted by atomic mass is 9.72. The highest BCUT2D eigenvalue weighted by molar-refractivity contribution is 9.10. The van der Waals surface area contributed by atoms with E-state index in [1.54, 1.807) is 24.3 Å². The van der Waals surface area contributed by atoms with Crippen molar-refractivity contribution in [1.29, 1.82) is 0 Å². The van der Waals surface area contributed by atoms with Gasteiger partial charge in [0.2, 0.25) is 0 Å². The van der Waals surface area contributed by atoms with Crippen LogP contribution in [0.4, 0.5) is 10.7 Å². The van der Waals surface area contributed by atoms with E-state index in [9.17, 15) is 9.59 Å². The lowest BCUT2D eigenvalue weighted by molar-refractivity contribution is 0.102. The van der Waals surface area contributed by atoms with Gasteiger partial charge in [-0.1, -0.05) is 60.4 Å². The number of rotatable bonds is 4. The number of fused-ring (bicyclic) bond motifs is 1. The lowest BCUT2D eigenvalue weighted by Gasteiger charge is -2.33. The highest BCUT2D eigenvalue weighted by atomic mass is 79.9. The Bertz CT molecular complexity index is 1200. The van der Waals surface area contributed by atoms with Gasteiger partial charge in [0.25, 0.3) is 11.8 Å². The van der Waals surface area contributed by atoms with E-state index in [2.05, 4.69) is 47.3 Å². The topological polar surface area (TPSA) is 58.2 Å². The van der Waals surface area contributed by atoms with Gasteiger partial charge in [-0.25, -0.2) is 0 Å². The van der Waals surface area contributed by atoms with Gasteiger partial charge in [-0.15, -0.1) is 11.3 Å². The molecule has 33 heavy (non-hydrogen) atoms. The highest BCUT2D eigenvalue weighted by Gasteiger charge is 2.34. The van der Waals surface area contributed by atoms with E-state index < -0.39 is 0 Å². The van der Waals surface area contributed by atoms with Crippen molar-refractivity contribution in [3.63, 3.8) is 0 Å². The average molecular weight is 546 g/mol. The minimum Gasteiger partial charge on any atom is -0.322 e. The third kappa shape index (κ3) is 5.34. The maximum absolute atomic E-state index is 13.4. The molecule has 2 amide bonds. The molecular formula is C26H26BrClN2O2S. The van der Waals surface area contributed by atoms with Gasteiger partial charge in [0.05, 0.1) is 16.1 Å². The van der Waals surface area contributed by atoms with Crippen molar-refractivity contribution in [2.75, 3.05) is 10.6 Å². The summed E-state index contributed by atoms with van der Waals surface area (Å²) in [6.45, 7) is 6.78. The van der Waals surface area contributed by atoms with Crippen molar-refractivity contribution in [1.82, 2.24) is 0 Å². The van der Waals surface area contributed by atoms with Crippen LogP contribution in [0.3, 0.4) is 0 Å². The number of amides is 2. The first-order valence-electron chi connectivity index (χ1n) is 10.9. The number of hydrogen-bond donors (Lipinski definition) is 2. The third-order valence-electron chi connectivity index (χ3n) is 6.16. The molecule has 0 aliphatic heterocycles. The van der Waals surface area contributed by atoms with Crippen LogP contribution in [0.1, 0.15) is 58.3 Å². The van der Waals surface area contributed by atoms with E-state index in [0.717, 1.165) is 29.3 Å². The summed E-state index contributed by atoms with van der Waals surface area (Å²) in [4.78, 5) is 27.6. The summed E-state index contributed by atoms with van der Waals surface area (Å²) in [5.74, 6) is 0.000837. The van der Waals surface area contributed by atoms with Gasteiger partial charge >= 0.3 is 0 Å². The van der Waals surface area contributed by atoms with Gasteiger partial charge in [-0.05, 0) is 72.6 Å². The van der Waals surface area contributed by atoms with Crippen molar-refractivity contribution in [2.24, 2.45) is 11.3 Å². The van der Waals surface area contributed by atoms with Gasteiger partial charge in [0.15, 0.2) is 0 Å². The first kappa shape index (κ1) is 24.0. The molecule has 0 saturated heterocycles. The van der Waals surface area contributed by atoms with Crippen molar-refractivity contribution < 1.29 is 9.59 Å². The molecule has 1 unspecified atom stereocenters. The zero-order chi connectivity index (χ0) is 23.8. The Kier molecular flexibility index (Phi) is 6.99. The summed E-state index contributed by atoms with van der Waals surface area (Å²) in [6, 6.07) is 14.4. The van der Waals surface area contributed by atoms with Crippen molar-refractivity contribution in [3.05, 3.63) is 79.6 Å². The smallest absolute Gasteiger partial charge is 0.258 e. The van der Waals surface area contributed by atoms with E-state index >= 15 is 0 Å². The Morgan fingerprint density at radius 2 is 1.73 bits per heavy atom. The Balaban J connectivity index is 1.69. The quantitative estimate of drug-likeness (QED) is 0.351. The monoisotopic (exact) mass is 544 g/mol. The van der Waals surface area contributed by atoms with Crippen LogP contribution in [0.2, 0.25) is 5.02 Å². The predicted molar refractivity (Wildman–Crippen MR) is 141 cm³/mol. The molecule has 0 saturated carbocycles. The van der Waals surface area contributed by atoms with Crippen LogP contribution in [-0.4, -0.2) is 11.8 Å². The number of carbonyl (C=O) groups excluding carboxylic acids is 2. The summed E-state index contributed by atoms with van der Waals surface area (Å²) >= 11 is 11.2. The molecule has 0 fully saturated rings. The fraction of sp³-hybridized carbons (Fsp3) is 0.308. The Morgan fingerprint density at radius 1 is 1.03 bits per heavy atom. The van der Waals surface area contributed by atoms with E-state index in [0.29, 0.717) is 32.8 Å². The number of anilines is 2. The largest absolute Gasteiger partial charge is 0.322 e. The standard InChI is InChI=1S/C26H26BrClN2O2S/c1-26(2,3)15-8-13-19-21(14-15)33-25(30-23(31)18-6-4-5-7-20(18)28)22(19)24(32)29-17-11-9-16(27)10-12-17/h4-7,9-12,15H,8,13-14H2,1-3H3,(H,29,32)(H,30,31). The second-order valence-electron chi connectivity index (χ2n) is 9.41. The van der Waals surface area contributed by atoms with Gasteiger partial charge in [-0.2, -0.15) is 0 Å². The van der Waals surface area contributed by atoms with Crippen molar-refractivity contribution in [2.45, 2.75) is 40.0 Å². The van der Waals surface area contributed by atoms with E-state index in [1.165, 1.54) is 16.2 Å². The van der Waals surface area contributed by atoms with Gasteiger partial charge in [0.1, 0.15) is 5.00 Å². The first-order valence-corrected chi connectivity index (χ1v) is 12.9. The number of thiophene rings is 1.